The standard InChI is InChI=1S/C10H18N12/c1-5(13-17-9-19-15-7(3)21(9)11)6(2)14-18-10-20-16-8(4)22(10)12/h11-12H2,1-4H3,(H,17,19)(H,18,20)/b13-5-,14-6-. The van der Waals surface area contributed by atoms with Crippen molar-refractivity contribution in [3.8, 4) is 0 Å². The SMILES string of the molecule is CC(=N/Nc1nnc(C)n1N)/C(C)=N\Nc1nnc(C)n1N. The normalized spacial score (nSPS) is 12.5. The fraction of sp³-hybridized carbons (Fsp3) is 0.400. The molecule has 0 aliphatic heterocycles. The first kappa shape index (κ1) is 15.2. The van der Waals surface area contributed by atoms with Crippen LogP contribution in [0.4, 0.5) is 11.9 Å². The molecule has 0 unspecified atom stereocenters. The molecule has 0 aliphatic carbocycles. The van der Waals surface area contributed by atoms with Gasteiger partial charge in [0.1, 0.15) is 0 Å². The largest absolute Gasteiger partial charge is 0.335 e. The highest BCUT2D eigenvalue weighted by Gasteiger charge is 2.06. The Balaban J connectivity index is 2.03. The third-order valence-corrected chi connectivity index (χ3v) is 2.90. The van der Waals surface area contributed by atoms with E-state index in [4.69, 9.17) is 11.7 Å². The Kier molecular flexibility index (Phi) is 4.20. The van der Waals surface area contributed by atoms with E-state index in [1.54, 1.807) is 27.7 Å². The molecule has 2 aromatic heterocycles. The molecule has 0 amide bonds. The molecule has 0 radical (unpaired) electrons. The fourth-order valence-corrected chi connectivity index (χ4v) is 1.32. The van der Waals surface area contributed by atoms with Crippen LogP contribution in [0.5, 0.6) is 0 Å². The average molecular weight is 306 g/mol. The molecule has 22 heavy (non-hydrogen) atoms. The summed E-state index contributed by atoms with van der Waals surface area (Å²) in [5, 5.41) is 23.5. The smallest absolute Gasteiger partial charge is 0.263 e. The van der Waals surface area contributed by atoms with Crippen LogP contribution in [0.1, 0.15) is 25.5 Å². The summed E-state index contributed by atoms with van der Waals surface area (Å²) in [6.07, 6.45) is 0. The number of hydrogen-bond acceptors (Lipinski definition) is 10. The Labute approximate surface area is 126 Å². The number of nitrogens with one attached hydrogen (secondary N) is 2. The minimum absolute atomic E-state index is 0.329. The zero-order valence-corrected chi connectivity index (χ0v) is 12.7. The Morgan fingerprint density at radius 3 is 1.45 bits per heavy atom. The van der Waals surface area contributed by atoms with Crippen LogP contribution in [-0.4, -0.2) is 41.2 Å². The monoisotopic (exact) mass is 306 g/mol. The van der Waals surface area contributed by atoms with Crippen LogP contribution in [0.15, 0.2) is 10.2 Å². The van der Waals surface area contributed by atoms with Crippen LogP contribution in [0.25, 0.3) is 0 Å². The quantitative estimate of drug-likeness (QED) is 0.316. The number of hydrogen-bond donors (Lipinski definition) is 4. The lowest BCUT2D eigenvalue weighted by Crippen LogP contribution is -2.17. The zero-order chi connectivity index (χ0) is 16.3. The van der Waals surface area contributed by atoms with Crippen LogP contribution < -0.4 is 22.5 Å². The molecule has 0 fully saturated rings. The summed E-state index contributed by atoms with van der Waals surface area (Å²) in [7, 11) is 0. The van der Waals surface area contributed by atoms with Crippen molar-refractivity contribution in [2.75, 3.05) is 22.5 Å². The maximum atomic E-state index is 5.70. The molecule has 0 aliphatic rings. The minimum Gasteiger partial charge on any atom is -0.335 e. The summed E-state index contributed by atoms with van der Waals surface area (Å²) >= 11 is 0. The molecule has 2 rings (SSSR count). The van der Waals surface area contributed by atoms with Crippen molar-refractivity contribution < 1.29 is 0 Å². The van der Waals surface area contributed by atoms with E-state index in [1.807, 2.05) is 0 Å². The topological polar surface area (TPSA) is 162 Å². The highest BCUT2D eigenvalue weighted by atomic mass is 15.5. The van der Waals surface area contributed by atoms with Crippen molar-refractivity contribution >= 4 is 23.3 Å². The van der Waals surface area contributed by atoms with Crippen molar-refractivity contribution in [2.45, 2.75) is 27.7 Å². The molecule has 12 nitrogen and oxygen atoms in total. The molecule has 2 aromatic rings. The van der Waals surface area contributed by atoms with Crippen molar-refractivity contribution in [1.29, 1.82) is 0 Å². The maximum Gasteiger partial charge on any atom is 0.263 e. The summed E-state index contributed by atoms with van der Waals surface area (Å²) in [6, 6.07) is 0. The van der Waals surface area contributed by atoms with Crippen LogP contribution >= 0.6 is 0 Å². The molecule has 118 valence electrons. The number of nitrogen functional groups attached to an aromatic ring is 2. The Bertz CT molecular complexity index is 658. The van der Waals surface area contributed by atoms with Gasteiger partial charge in [0.15, 0.2) is 11.6 Å². The predicted molar refractivity (Wildman–Crippen MR) is 83.3 cm³/mol. The molecule has 0 saturated carbocycles. The number of anilines is 2. The molecular weight excluding hydrogens is 288 g/mol. The van der Waals surface area contributed by atoms with Gasteiger partial charge in [-0.1, -0.05) is 0 Å². The second-order valence-corrected chi connectivity index (χ2v) is 4.50. The molecule has 12 heteroatoms. The third-order valence-electron chi connectivity index (χ3n) is 2.90. The van der Waals surface area contributed by atoms with Crippen molar-refractivity contribution in [2.24, 2.45) is 10.2 Å². The highest BCUT2D eigenvalue weighted by molar-refractivity contribution is 6.40. The van der Waals surface area contributed by atoms with Gasteiger partial charge in [-0.15, -0.1) is 20.4 Å². The second-order valence-electron chi connectivity index (χ2n) is 4.50. The van der Waals surface area contributed by atoms with E-state index < -0.39 is 0 Å². The summed E-state index contributed by atoms with van der Waals surface area (Å²) < 4.78 is 2.59. The van der Waals surface area contributed by atoms with Gasteiger partial charge < -0.3 is 11.7 Å². The zero-order valence-electron chi connectivity index (χ0n) is 12.7. The Morgan fingerprint density at radius 1 is 0.818 bits per heavy atom. The first-order chi connectivity index (χ1) is 10.4. The van der Waals surface area contributed by atoms with Crippen molar-refractivity contribution in [1.82, 2.24) is 29.7 Å². The lowest BCUT2D eigenvalue weighted by atomic mass is 10.3. The Hall–Kier alpha value is -3.18. The molecular formula is C10H18N12. The second kappa shape index (κ2) is 6.07. The van der Waals surface area contributed by atoms with Gasteiger partial charge >= 0.3 is 0 Å². The van der Waals surface area contributed by atoms with Crippen molar-refractivity contribution in [3.63, 3.8) is 0 Å². The van der Waals surface area contributed by atoms with Gasteiger partial charge in [0.05, 0.1) is 11.4 Å². The van der Waals surface area contributed by atoms with Gasteiger partial charge in [-0.2, -0.15) is 10.2 Å². The van der Waals surface area contributed by atoms with E-state index >= 15 is 0 Å². The molecule has 0 bridgehead atoms. The molecule has 2 heterocycles. The predicted octanol–water partition coefficient (Wildman–Crippen LogP) is -0.810. The van der Waals surface area contributed by atoms with E-state index in [2.05, 4.69) is 41.4 Å². The average Bonchev–Trinajstić information content (AvgIpc) is 2.99. The number of nitrogens with two attached hydrogens (primary N) is 2. The lowest BCUT2D eigenvalue weighted by Gasteiger charge is -2.04. The van der Waals surface area contributed by atoms with Gasteiger partial charge in [0, 0.05) is 0 Å². The lowest BCUT2D eigenvalue weighted by molar-refractivity contribution is 0.925. The van der Waals surface area contributed by atoms with Crippen LogP contribution in [0.3, 0.4) is 0 Å². The van der Waals surface area contributed by atoms with Crippen LogP contribution in [-0.2, 0) is 0 Å². The van der Waals surface area contributed by atoms with E-state index in [1.165, 1.54) is 9.35 Å². The molecule has 0 aromatic carbocycles. The summed E-state index contributed by atoms with van der Waals surface area (Å²) in [5.41, 5.74) is 6.66. The summed E-state index contributed by atoms with van der Waals surface area (Å²) in [6.45, 7) is 7.01. The number of aryl methyl sites for hydroxylation is 2. The van der Waals surface area contributed by atoms with Gasteiger partial charge in [-0.05, 0) is 27.7 Å². The first-order valence-corrected chi connectivity index (χ1v) is 6.35. The first-order valence-electron chi connectivity index (χ1n) is 6.35. The van der Waals surface area contributed by atoms with Crippen LogP contribution in [0, 0.1) is 13.8 Å². The third kappa shape index (κ3) is 3.11. The summed E-state index contributed by atoms with van der Waals surface area (Å²) in [5.74, 6) is 13.2. The van der Waals surface area contributed by atoms with Gasteiger partial charge in [-0.25, -0.2) is 20.2 Å². The Morgan fingerprint density at radius 2 is 1.18 bits per heavy atom. The molecule has 0 saturated heterocycles. The van der Waals surface area contributed by atoms with E-state index in [-0.39, 0.29) is 0 Å². The number of nitrogens with zero attached hydrogens (tertiary/aromatic N) is 8. The molecule has 0 atom stereocenters. The number of aromatic nitrogens is 6. The molecule has 6 N–H and O–H groups in total. The van der Waals surface area contributed by atoms with E-state index in [0.717, 1.165) is 0 Å². The van der Waals surface area contributed by atoms with E-state index in [0.29, 0.717) is 35.0 Å². The highest BCUT2D eigenvalue weighted by Crippen LogP contribution is 2.02. The van der Waals surface area contributed by atoms with Gasteiger partial charge in [-0.3, -0.25) is 0 Å². The van der Waals surface area contributed by atoms with Crippen molar-refractivity contribution in [3.05, 3.63) is 11.6 Å². The minimum atomic E-state index is 0.329. The summed E-state index contributed by atoms with van der Waals surface area (Å²) in [4.78, 5) is 0. The van der Waals surface area contributed by atoms with Gasteiger partial charge in [0.25, 0.3) is 11.9 Å². The van der Waals surface area contributed by atoms with Crippen LogP contribution in [0.2, 0.25) is 0 Å². The fourth-order valence-electron chi connectivity index (χ4n) is 1.32. The number of hydrazone groups is 2. The molecule has 0 spiro atoms. The maximum absolute atomic E-state index is 5.70. The van der Waals surface area contributed by atoms with E-state index in [9.17, 15) is 0 Å². The number of rotatable bonds is 5. The van der Waals surface area contributed by atoms with Gasteiger partial charge in [0.2, 0.25) is 0 Å².